The van der Waals surface area contributed by atoms with E-state index in [9.17, 15) is 4.79 Å². The number of hydrogen-bond acceptors (Lipinski definition) is 5. The second-order valence-corrected chi connectivity index (χ2v) is 7.15. The minimum absolute atomic E-state index is 0.308. The second kappa shape index (κ2) is 11.8. The molecule has 3 rings (SSSR count). The maximum Gasteiger partial charge on any atom is 0.271 e. The summed E-state index contributed by atoms with van der Waals surface area (Å²) < 4.78 is 17.0. The molecule has 0 atom stereocenters. The maximum atomic E-state index is 12.2. The number of hydrazone groups is 1. The van der Waals surface area contributed by atoms with E-state index in [1.54, 1.807) is 30.5 Å². The molecule has 0 fully saturated rings. The molecule has 0 saturated heterocycles. The van der Waals surface area contributed by atoms with Crippen molar-refractivity contribution < 1.29 is 19.0 Å². The smallest absolute Gasteiger partial charge is 0.271 e. The number of carbonyl (C=O) groups excluding carboxylic acids is 1. The minimum atomic E-state index is -0.308. The molecule has 1 amide bonds. The molecule has 166 valence electrons. The Hall–Kier alpha value is -3.51. The zero-order valence-corrected chi connectivity index (χ0v) is 18.8. The predicted molar refractivity (Wildman–Crippen MR) is 126 cm³/mol. The SMILES string of the molecule is CCOc1ccc(C(=O)N/N=C\c2ccc(OCc3ccc(Cl)cc3)c(OCC)c2)cc1. The van der Waals surface area contributed by atoms with E-state index in [0.29, 0.717) is 41.9 Å². The van der Waals surface area contributed by atoms with E-state index in [0.717, 1.165) is 16.9 Å². The van der Waals surface area contributed by atoms with Gasteiger partial charge in [0.05, 0.1) is 19.4 Å². The summed E-state index contributed by atoms with van der Waals surface area (Å²) >= 11 is 5.92. The molecule has 0 saturated carbocycles. The van der Waals surface area contributed by atoms with Crippen LogP contribution in [0.4, 0.5) is 0 Å². The van der Waals surface area contributed by atoms with Crippen molar-refractivity contribution in [2.24, 2.45) is 5.10 Å². The number of carbonyl (C=O) groups is 1. The van der Waals surface area contributed by atoms with Crippen molar-refractivity contribution in [2.45, 2.75) is 20.5 Å². The summed E-state index contributed by atoms with van der Waals surface area (Å²) in [5.41, 5.74) is 4.78. The Morgan fingerprint density at radius 3 is 2.31 bits per heavy atom. The first kappa shape index (κ1) is 23.2. The first-order valence-electron chi connectivity index (χ1n) is 10.3. The maximum absolute atomic E-state index is 12.2. The van der Waals surface area contributed by atoms with Crippen molar-refractivity contribution in [1.82, 2.24) is 5.43 Å². The van der Waals surface area contributed by atoms with Gasteiger partial charge >= 0.3 is 0 Å². The Morgan fingerprint density at radius 1 is 0.906 bits per heavy atom. The van der Waals surface area contributed by atoms with Gasteiger partial charge in [-0.05, 0) is 79.6 Å². The summed E-state index contributed by atoms with van der Waals surface area (Å²) in [4.78, 5) is 12.2. The average Bonchev–Trinajstić information content (AvgIpc) is 2.80. The standard InChI is InChI=1S/C25H25ClN2O4/c1-3-30-22-12-8-20(9-13-22)25(29)28-27-16-19-7-14-23(24(15-19)31-4-2)32-17-18-5-10-21(26)11-6-18/h5-16H,3-4,17H2,1-2H3,(H,28,29)/b27-16-. The number of ether oxygens (including phenoxy) is 3. The third kappa shape index (κ3) is 6.75. The van der Waals surface area contributed by atoms with E-state index >= 15 is 0 Å². The Bertz CT molecular complexity index is 1050. The number of benzene rings is 3. The molecule has 7 heteroatoms. The normalized spacial score (nSPS) is 10.7. The molecule has 0 radical (unpaired) electrons. The first-order chi connectivity index (χ1) is 15.6. The minimum Gasteiger partial charge on any atom is -0.494 e. The quantitative estimate of drug-likeness (QED) is 0.326. The number of nitrogens with one attached hydrogen (secondary N) is 1. The lowest BCUT2D eigenvalue weighted by Gasteiger charge is -2.12. The molecule has 1 N–H and O–H groups in total. The van der Waals surface area contributed by atoms with Crippen molar-refractivity contribution in [3.63, 3.8) is 0 Å². The summed E-state index contributed by atoms with van der Waals surface area (Å²) in [6.45, 7) is 5.27. The third-order valence-electron chi connectivity index (χ3n) is 4.38. The van der Waals surface area contributed by atoms with Crippen LogP contribution >= 0.6 is 11.6 Å². The molecule has 0 unspecified atom stereocenters. The Kier molecular flexibility index (Phi) is 8.52. The molecular formula is C25H25ClN2O4. The monoisotopic (exact) mass is 452 g/mol. The molecule has 0 aliphatic rings. The van der Waals surface area contributed by atoms with Gasteiger partial charge < -0.3 is 14.2 Å². The van der Waals surface area contributed by atoms with E-state index in [4.69, 9.17) is 25.8 Å². The highest BCUT2D eigenvalue weighted by atomic mass is 35.5. The van der Waals surface area contributed by atoms with Gasteiger partial charge in [-0.15, -0.1) is 0 Å². The van der Waals surface area contributed by atoms with Crippen LogP contribution in [0.15, 0.2) is 71.8 Å². The lowest BCUT2D eigenvalue weighted by atomic mass is 10.2. The van der Waals surface area contributed by atoms with Gasteiger partial charge in [0.25, 0.3) is 5.91 Å². The molecule has 3 aromatic carbocycles. The van der Waals surface area contributed by atoms with Crippen LogP contribution in [0.3, 0.4) is 0 Å². The highest BCUT2D eigenvalue weighted by Crippen LogP contribution is 2.29. The van der Waals surface area contributed by atoms with Gasteiger partial charge in [-0.3, -0.25) is 4.79 Å². The third-order valence-corrected chi connectivity index (χ3v) is 4.63. The van der Waals surface area contributed by atoms with Crippen molar-refractivity contribution >= 4 is 23.7 Å². The Labute approximate surface area is 192 Å². The molecule has 0 aliphatic heterocycles. The molecule has 0 aliphatic carbocycles. The summed E-state index contributed by atoms with van der Waals surface area (Å²) in [5, 5.41) is 4.73. The van der Waals surface area contributed by atoms with E-state index in [1.165, 1.54) is 0 Å². The van der Waals surface area contributed by atoms with E-state index in [-0.39, 0.29) is 5.91 Å². The van der Waals surface area contributed by atoms with Crippen LogP contribution in [0.25, 0.3) is 0 Å². The average molecular weight is 453 g/mol. The highest BCUT2D eigenvalue weighted by Gasteiger charge is 2.08. The van der Waals surface area contributed by atoms with Gasteiger partial charge in [-0.1, -0.05) is 23.7 Å². The Morgan fingerprint density at radius 2 is 1.62 bits per heavy atom. The molecular weight excluding hydrogens is 428 g/mol. The van der Waals surface area contributed by atoms with E-state index in [2.05, 4.69) is 10.5 Å². The second-order valence-electron chi connectivity index (χ2n) is 6.71. The zero-order chi connectivity index (χ0) is 22.8. The summed E-state index contributed by atoms with van der Waals surface area (Å²) in [6.07, 6.45) is 1.55. The number of hydrogen-bond donors (Lipinski definition) is 1. The first-order valence-corrected chi connectivity index (χ1v) is 10.7. The highest BCUT2D eigenvalue weighted by molar-refractivity contribution is 6.30. The van der Waals surface area contributed by atoms with Crippen molar-refractivity contribution in [2.75, 3.05) is 13.2 Å². The van der Waals surface area contributed by atoms with E-state index < -0.39 is 0 Å². The van der Waals surface area contributed by atoms with Gasteiger partial charge in [0.15, 0.2) is 11.5 Å². The van der Waals surface area contributed by atoms with Gasteiger partial charge in [0.2, 0.25) is 0 Å². The van der Waals surface area contributed by atoms with Crippen LogP contribution in [0.1, 0.15) is 35.3 Å². The van der Waals surface area contributed by atoms with Crippen LogP contribution in [0.2, 0.25) is 5.02 Å². The largest absolute Gasteiger partial charge is 0.494 e. The number of nitrogens with zero attached hydrogens (tertiary/aromatic N) is 1. The van der Waals surface area contributed by atoms with Crippen molar-refractivity contribution in [1.29, 1.82) is 0 Å². The predicted octanol–water partition coefficient (Wildman–Crippen LogP) is 5.48. The van der Waals surface area contributed by atoms with Crippen LogP contribution in [0.5, 0.6) is 17.2 Å². The van der Waals surface area contributed by atoms with Crippen LogP contribution in [-0.2, 0) is 6.61 Å². The van der Waals surface area contributed by atoms with E-state index in [1.807, 2.05) is 56.3 Å². The topological polar surface area (TPSA) is 69.2 Å². The molecule has 0 heterocycles. The Balaban J connectivity index is 1.61. The van der Waals surface area contributed by atoms with Crippen molar-refractivity contribution in [3.05, 3.63) is 88.4 Å². The number of rotatable bonds is 10. The molecule has 6 nitrogen and oxygen atoms in total. The van der Waals surface area contributed by atoms with Gasteiger partial charge in [0.1, 0.15) is 12.4 Å². The summed E-state index contributed by atoms with van der Waals surface area (Å²) in [7, 11) is 0. The molecule has 3 aromatic rings. The number of amides is 1. The lowest BCUT2D eigenvalue weighted by molar-refractivity contribution is 0.0955. The molecule has 32 heavy (non-hydrogen) atoms. The summed E-state index contributed by atoms with van der Waals surface area (Å²) in [5.74, 6) is 1.63. The fourth-order valence-corrected chi connectivity index (χ4v) is 2.96. The molecule has 0 bridgehead atoms. The molecule has 0 spiro atoms. The fraction of sp³-hybridized carbons (Fsp3) is 0.200. The lowest BCUT2D eigenvalue weighted by Crippen LogP contribution is -2.17. The van der Waals surface area contributed by atoms with Crippen LogP contribution in [-0.4, -0.2) is 25.3 Å². The van der Waals surface area contributed by atoms with Gasteiger partial charge in [-0.2, -0.15) is 5.10 Å². The zero-order valence-electron chi connectivity index (χ0n) is 18.0. The molecule has 0 aromatic heterocycles. The van der Waals surface area contributed by atoms with Gasteiger partial charge in [0, 0.05) is 10.6 Å². The van der Waals surface area contributed by atoms with Gasteiger partial charge in [-0.25, -0.2) is 5.43 Å². The van der Waals surface area contributed by atoms with Crippen molar-refractivity contribution in [3.8, 4) is 17.2 Å². The number of halogens is 1. The van der Waals surface area contributed by atoms with Crippen LogP contribution < -0.4 is 19.6 Å². The van der Waals surface area contributed by atoms with Crippen LogP contribution in [0, 0.1) is 0 Å². The fourth-order valence-electron chi connectivity index (χ4n) is 2.83. The summed E-state index contributed by atoms with van der Waals surface area (Å²) in [6, 6.07) is 19.8.